The Balaban J connectivity index is 1.36. The highest BCUT2D eigenvalue weighted by Gasteiger charge is 2.11. The zero-order valence-electron chi connectivity index (χ0n) is 18.1. The molecule has 0 aliphatic carbocycles. The van der Waals surface area contributed by atoms with E-state index in [1.54, 1.807) is 12.1 Å². The first-order chi connectivity index (χ1) is 15.6. The van der Waals surface area contributed by atoms with Gasteiger partial charge in [-0.1, -0.05) is 53.6 Å². The minimum absolute atomic E-state index is 0.0160. The molecule has 1 heterocycles. The molecule has 6 heteroatoms. The fourth-order valence-corrected chi connectivity index (χ4v) is 3.74. The van der Waals surface area contributed by atoms with Crippen LogP contribution in [-0.2, 0) is 24.2 Å². The van der Waals surface area contributed by atoms with Crippen molar-refractivity contribution in [3.63, 3.8) is 0 Å². The summed E-state index contributed by atoms with van der Waals surface area (Å²) in [5.74, 6) is 1.78. The van der Waals surface area contributed by atoms with Crippen molar-refractivity contribution in [2.45, 2.75) is 26.3 Å². The Hall–Kier alpha value is -3.31. The third-order valence-electron chi connectivity index (χ3n) is 5.29. The molecule has 0 atom stereocenters. The van der Waals surface area contributed by atoms with Crippen molar-refractivity contribution in [3.8, 4) is 5.75 Å². The minimum atomic E-state index is -0.0160. The maximum atomic E-state index is 12.3. The minimum Gasteiger partial charge on any atom is -0.492 e. The maximum absolute atomic E-state index is 12.3. The monoisotopic (exact) mass is 447 g/mol. The second-order valence-electron chi connectivity index (χ2n) is 7.73. The molecule has 0 saturated heterocycles. The van der Waals surface area contributed by atoms with E-state index in [0.717, 1.165) is 28.2 Å². The molecule has 164 valence electrons. The van der Waals surface area contributed by atoms with Crippen LogP contribution in [0.4, 0.5) is 0 Å². The number of hydrogen-bond acceptors (Lipinski definition) is 3. The standard InChI is InChI=1S/C26H26ClN3O2/c1-19-6-12-22(13-7-19)32-17-16-30-24-5-3-2-4-23(24)29-25(30)14-15-28-26(31)18-20-8-10-21(27)11-9-20/h2-13H,14-18H2,1H3,(H,28,31). The van der Waals surface area contributed by atoms with E-state index in [9.17, 15) is 4.79 Å². The normalized spacial score (nSPS) is 10.9. The molecule has 1 amide bonds. The van der Waals surface area contributed by atoms with Gasteiger partial charge >= 0.3 is 0 Å². The van der Waals surface area contributed by atoms with E-state index in [1.165, 1.54) is 5.56 Å². The first kappa shape index (κ1) is 21.9. The van der Waals surface area contributed by atoms with Gasteiger partial charge in [0.1, 0.15) is 18.2 Å². The Morgan fingerprint density at radius 2 is 1.78 bits per heavy atom. The second-order valence-corrected chi connectivity index (χ2v) is 8.17. The van der Waals surface area contributed by atoms with E-state index < -0.39 is 0 Å². The van der Waals surface area contributed by atoms with Crippen molar-refractivity contribution in [1.82, 2.24) is 14.9 Å². The number of hydrogen-bond donors (Lipinski definition) is 1. The van der Waals surface area contributed by atoms with Crippen LogP contribution in [-0.4, -0.2) is 28.6 Å². The Kier molecular flexibility index (Phi) is 7.07. The van der Waals surface area contributed by atoms with Crippen LogP contribution in [0.2, 0.25) is 5.02 Å². The molecule has 0 unspecified atom stereocenters. The van der Waals surface area contributed by atoms with Gasteiger partial charge in [0.25, 0.3) is 0 Å². The molecule has 4 aromatic rings. The average Bonchev–Trinajstić information content (AvgIpc) is 3.14. The summed E-state index contributed by atoms with van der Waals surface area (Å²) in [6, 6.07) is 23.5. The first-order valence-corrected chi connectivity index (χ1v) is 11.1. The van der Waals surface area contributed by atoms with Crippen molar-refractivity contribution in [2.24, 2.45) is 0 Å². The van der Waals surface area contributed by atoms with Gasteiger partial charge in [-0.2, -0.15) is 0 Å². The predicted octanol–water partition coefficient (Wildman–Crippen LogP) is 4.98. The molecule has 0 bridgehead atoms. The average molecular weight is 448 g/mol. The van der Waals surface area contributed by atoms with Gasteiger partial charge in [-0.15, -0.1) is 0 Å². The number of nitrogens with zero attached hydrogens (tertiary/aromatic N) is 2. The number of ether oxygens (including phenoxy) is 1. The summed E-state index contributed by atoms with van der Waals surface area (Å²) in [5.41, 5.74) is 4.17. The number of carbonyl (C=O) groups excluding carboxylic acids is 1. The molecule has 5 nitrogen and oxygen atoms in total. The fraction of sp³-hybridized carbons (Fsp3) is 0.231. The maximum Gasteiger partial charge on any atom is 0.224 e. The van der Waals surface area contributed by atoms with Gasteiger partial charge in [0.15, 0.2) is 0 Å². The second kappa shape index (κ2) is 10.3. The lowest BCUT2D eigenvalue weighted by molar-refractivity contribution is -0.120. The predicted molar refractivity (Wildman–Crippen MR) is 128 cm³/mol. The van der Waals surface area contributed by atoms with E-state index >= 15 is 0 Å². The molecule has 4 rings (SSSR count). The van der Waals surface area contributed by atoms with Crippen LogP contribution in [0, 0.1) is 6.92 Å². The topological polar surface area (TPSA) is 56.1 Å². The number of nitrogens with one attached hydrogen (secondary N) is 1. The summed E-state index contributed by atoms with van der Waals surface area (Å²) >= 11 is 5.91. The molecule has 0 fully saturated rings. The van der Waals surface area contributed by atoms with Crippen LogP contribution in [0.5, 0.6) is 5.75 Å². The van der Waals surface area contributed by atoms with E-state index in [1.807, 2.05) is 54.6 Å². The summed E-state index contributed by atoms with van der Waals surface area (Å²) in [7, 11) is 0. The smallest absolute Gasteiger partial charge is 0.224 e. The zero-order chi connectivity index (χ0) is 22.3. The molecule has 1 aromatic heterocycles. The Labute approximate surface area is 193 Å². The van der Waals surface area contributed by atoms with Gasteiger partial charge in [-0.3, -0.25) is 4.79 Å². The van der Waals surface area contributed by atoms with Crippen molar-refractivity contribution < 1.29 is 9.53 Å². The van der Waals surface area contributed by atoms with Crippen molar-refractivity contribution in [1.29, 1.82) is 0 Å². The highest BCUT2D eigenvalue weighted by atomic mass is 35.5. The van der Waals surface area contributed by atoms with Crippen molar-refractivity contribution in [3.05, 3.63) is 94.8 Å². The molecule has 0 aliphatic heterocycles. The summed E-state index contributed by atoms with van der Waals surface area (Å²) in [6.45, 7) is 3.80. The van der Waals surface area contributed by atoms with Gasteiger partial charge < -0.3 is 14.6 Å². The summed E-state index contributed by atoms with van der Waals surface area (Å²) in [5, 5.41) is 3.66. The lowest BCUT2D eigenvalue weighted by Gasteiger charge is -2.11. The van der Waals surface area contributed by atoms with Crippen LogP contribution in [0.25, 0.3) is 11.0 Å². The van der Waals surface area contributed by atoms with Crippen LogP contribution >= 0.6 is 11.6 Å². The lowest BCUT2D eigenvalue weighted by atomic mass is 10.1. The molecule has 1 N–H and O–H groups in total. The van der Waals surface area contributed by atoms with Crippen LogP contribution in [0.3, 0.4) is 0 Å². The van der Waals surface area contributed by atoms with E-state index in [0.29, 0.717) is 37.6 Å². The number of benzene rings is 3. The Bertz CT molecular complexity index is 1180. The Morgan fingerprint density at radius 1 is 1.03 bits per heavy atom. The molecule has 0 spiro atoms. The number of aromatic nitrogens is 2. The van der Waals surface area contributed by atoms with Gasteiger partial charge in [0, 0.05) is 18.0 Å². The first-order valence-electron chi connectivity index (χ1n) is 10.7. The number of amides is 1. The zero-order valence-corrected chi connectivity index (χ0v) is 18.8. The number of aryl methyl sites for hydroxylation is 1. The van der Waals surface area contributed by atoms with Gasteiger partial charge in [-0.25, -0.2) is 4.98 Å². The van der Waals surface area contributed by atoms with Crippen molar-refractivity contribution in [2.75, 3.05) is 13.2 Å². The van der Waals surface area contributed by atoms with E-state index in [-0.39, 0.29) is 5.91 Å². The highest BCUT2D eigenvalue weighted by molar-refractivity contribution is 6.30. The van der Waals surface area contributed by atoms with Gasteiger partial charge in [-0.05, 0) is 48.9 Å². The number of carbonyl (C=O) groups is 1. The molecule has 0 radical (unpaired) electrons. The third-order valence-corrected chi connectivity index (χ3v) is 5.54. The summed E-state index contributed by atoms with van der Waals surface area (Å²) < 4.78 is 8.10. The highest BCUT2D eigenvalue weighted by Crippen LogP contribution is 2.17. The number of para-hydroxylation sites is 2. The number of rotatable bonds is 9. The molecule has 32 heavy (non-hydrogen) atoms. The molecular formula is C26H26ClN3O2. The number of imidazole rings is 1. The van der Waals surface area contributed by atoms with Crippen LogP contribution in [0.15, 0.2) is 72.8 Å². The molecule has 0 saturated carbocycles. The van der Waals surface area contributed by atoms with Gasteiger partial charge in [0.2, 0.25) is 5.91 Å². The SMILES string of the molecule is Cc1ccc(OCCn2c(CCNC(=O)Cc3ccc(Cl)cc3)nc3ccccc32)cc1. The van der Waals surface area contributed by atoms with E-state index in [2.05, 4.69) is 22.9 Å². The van der Waals surface area contributed by atoms with Gasteiger partial charge in [0.05, 0.1) is 24.0 Å². The largest absolute Gasteiger partial charge is 0.492 e. The summed E-state index contributed by atoms with van der Waals surface area (Å²) in [6.07, 6.45) is 0.976. The van der Waals surface area contributed by atoms with Crippen LogP contribution in [0.1, 0.15) is 17.0 Å². The summed E-state index contributed by atoms with van der Waals surface area (Å²) in [4.78, 5) is 17.1. The lowest BCUT2D eigenvalue weighted by Crippen LogP contribution is -2.28. The van der Waals surface area contributed by atoms with Crippen LogP contribution < -0.4 is 10.1 Å². The van der Waals surface area contributed by atoms with E-state index in [4.69, 9.17) is 21.3 Å². The molecule has 3 aromatic carbocycles. The molecule has 0 aliphatic rings. The Morgan fingerprint density at radius 3 is 2.56 bits per heavy atom. The quantitative estimate of drug-likeness (QED) is 0.393. The fourth-order valence-electron chi connectivity index (χ4n) is 3.62. The van der Waals surface area contributed by atoms with Crippen molar-refractivity contribution >= 4 is 28.5 Å². The molecular weight excluding hydrogens is 422 g/mol. The number of halogens is 1. The number of fused-ring (bicyclic) bond motifs is 1. The third kappa shape index (κ3) is 5.68.